The van der Waals surface area contributed by atoms with Crippen LogP contribution in [0.5, 0.6) is 0 Å². The van der Waals surface area contributed by atoms with Crippen LogP contribution in [0.2, 0.25) is 0 Å². The van der Waals surface area contributed by atoms with Gasteiger partial charge in [-0.05, 0) is 41.5 Å². The summed E-state index contributed by atoms with van der Waals surface area (Å²) < 4.78 is 0.821. The van der Waals surface area contributed by atoms with Crippen LogP contribution >= 0.6 is 15.9 Å². The van der Waals surface area contributed by atoms with E-state index in [0.29, 0.717) is 16.7 Å². The third kappa shape index (κ3) is 3.47. The summed E-state index contributed by atoms with van der Waals surface area (Å²) in [6, 6.07) is 25.6. The molecule has 1 fully saturated rings. The van der Waals surface area contributed by atoms with E-state index in [2.05, 4.69) is 15.9 Å². The van der Waals surface area contributed by atoms with Gasteiger partial charge in [-0.2, -0.15) is 0 Å². The molecule has 0 aromatic heterocycles. The predicted molar refractivity (Wildman–Crippen MR) is 157 cm³/mol. The first-order chi connectivity index (χ1) is 19.8. The van der Waals surface area contributed by atoms with Gasteiger partial charge in [0.05, 0.1) is 11.0 Å². The average Bonchev–Trinajstić information content (AvgIpc) is 3.43. The van der Waals surface area contributed by atoms with Gasteiger partial charge in [0, 0.05) is 44.9 Å². The van der Waals surface area contributed by atoms with Crippen molar-refractivity contribution in [2.24, 2.45) is 5.41 Å². The minimum Gasteiger partial charge on any atom is -0.352 e. The Morgan fingerprint density at radius 3 is 2.07 bits per heavy atom. The lowest BCUT2D eigenvalue weighted by atomic mass is 9.64. The lowest BCUT2D eigenvalue weighted by Crippen LogP contribution is -2.48. The molecule has 0 amide bonds. The zero-order chi connectivity index (χ0) is 28.5. The van der Waals surface area contributed by atoms with Gasteiger partial charge in [0.1, 0.15) is 11.5 Å². The Kier molecular flexibility index (Phi) is 5.66. The van der Waals surface area contributed by atoms with Gasteiger partial charge in [-0.15, -0.1) is 0 Å². The zero-order valence-electron chi connectivity index (χ0n) is 21.4. The molecule has 7 rings (SSSR count). The number of hydrogen-bond acceptors (Lipinski definition) is 6. The number of nitro groups is 1. The summed E-state index contributed by atoms with van der Waals surface area (Å²) in [7, 11) is 0. The molecular formula is C33H21BrN2O5. The van der Waals surface area contributed by atoms with E-state index in [9.17, 15) is 24.5 Å². The highest BCUT2D eigenvalue weighted by molar-refractivity contribution is 9.10. The van der Waals surface area contributed by atoms with Crippen LogP contribution in [0.3, 0.4) is 0 Å². The Morgan fingerprint density at radius 1 is 0.829 bits per heavy atom. The number of non-ortho nitro benzene ring substituents is 1. The van der Waals surface area contributed by atoms with Gasteiger partial charge in [-0.3, -0.25) is 24.5 Å². The van der Waals surface area contributed by atoms with Crippen molar-refractivity contribution < 1.29 is 19.3 Å². The van der Waals surface area contributed by atoms with Gasteiger partial charge in [0.15, 0.2) is 17.3 Å². The monoisotopic (exact) mass is 604 g/mol. The Morgan fingerprint density at radius 2 is 1.44 bits per heavy atom. The Labute approximate surface area is 243 Å². The number of benzene rings is 4. The molecule has 0 N–H and O–H groups in total. The Balaban J connectivity index is 1.52. The van der Waals surface area contributed by atoms with Crippen molar-refractivity contribution in [1.82, 2.24) is 0 Å². The number of carbonyl (C=O) groups is 3. The normalized spacial score (nSPS) is 21.5. The maximum atomic E-state index is 14.6. The summed E-state index contributed by atoms with van der Waals surface area (Å²) in [5.74, 6) is -1.77. The number of fused-ring (bicyclic) bond motifs is 5. The number of carbonyl (C=O) groups excluding carboxylic acids is 3. The molecule has 8 heteroatoms. The molecule has 4 aromatic carbocycles. The number of nitrogens with zero attached hydrogens (tertiary/aromatic N) is 2. The topological polar surface area (TPSA) is 97.6 Å². The van der Waals surface area contributed by atoms with Crippen LogP contribution in [-0.2, 0) is 0 Å². The standard InChI is InChI=1S/C33H21BrN2O5/c34-22-14-9-20(10-15-22)28-29(30(37)21-11-16-23(17-12-21)36(40)41)35-26-8-4-1-5-19(26)13-18-27(35)33(28)31(38)24-6-2-3-7-25(24)32(33)39/h1-18,27-29H/t27?,28-,29+/m0/s1. The minimum atomic E-state index is -1.59. The number of rotatable bonds is 4. The fraction of sp³-hybridized carbons (Fsp3) is 0.121. The molecule has 2 aliphatic heterocycles. The predicted octanol–water partition coefficient (Wildman–Crippen LogP) is 6.67. The summed E-state index contributed by atoms with van der Waals surface area (Å²) in [6.07, 6.45) is 3.79. The summed E-state index contributed by atoms with van der Waals surface area (Å²) in [5, 5.41) is 11.3. The van der Waals surface area contributed by atoms with Gasteiger partial charge in [-0.1, -0.05) is 82.7 Å². The van der Waals surface area contributed by atoms with E-state index in [4.69, 9.17) is 0 Å². The third-order valence-corrected chi connectivity index (χ3v) is 9.10. The van der Waals surface area contributed by atoms with Crippen LogP contribution in [-0.4, -0.2) is 34.4 Å². The van der Waals surface area contributed by atoms with E-state index in [0.717, 1.165) is 15.7 Å². The van der Waals surface area contributed by atoms with E-state index < -0.39 is 28.3 Å². The van der Waals surface area contributed by atoms with Gasteiger partial charge < -0.3 is 4.90 Å². The molecule has 7 nitrogen and oxygen atoms in total. The van der Waals surface area contributed by atoms with Gasteiger partial charge in [-0.25, -0.2) is 0 Å². The maximum absolute atomic E-state index is 14.6. The van der Waals surface area contributed by atoms with Crippen LogP contribution in [0.1, 0.15) is 48.1 Å². The number of para-hydroxylation sites is 1. The maximum Gasteiger partial charge on any atom is 0.269 e. The molecule has 0 bridgehead atoms. The number of Topliss-reactive ketones (excluding diaryl/α,β-unsaturated/α-hetero) is 3. The van der Waals surface area contributed by atoms with E-state index in [1.807, 2.05) is 65.6 Å². The molecule has 1 unspecified atom stereocenters. The number of hydrogen-bond donors (Lipinski definition) is 0. The first-order valence-corrected chi connectivity index (χ1v) is 13.9. The van der Waals surface area contributed by atoms with Crippen molar-refractivity contribution in [2.75, 3.05) is 4.90 Å². The molecule has 0 radical (unpaired) electrons. The molecule has 0 saturated carbocycles. The summed E-state index contributed by atoms with van der Waals surface area (Å²) in [4.78, 5) is 56.5. The fourth-order valence-corrected chi connectivity index (χ4v) is 7.14. The summed E-state index contributed by atoms with van der Waals surface area (Å²) in [5.41, 5.74) is 1.55. The molecule has 3 aliphatic rings. The van der Waals surface area contributed by atoms with E-state index >= 15 is 0 Å². The lowest BCUT2D eigenvalue weighted by Gasteiger charge is -2.37. The van der Waals surface area contributed by atoms with E-state index in [-0.39, 0.29) is 28.6 Å². The number of anilines is 1. The smallest absolute Gasteiger partial charge is 0.269 e. The molecule has 1 spiro atoms. The summed E-state index contributed by atoms with van der Waals surface area (Å²) >= 11 is 3.48. The minimum absolute atomic E-state index is 0.130. The van der Waals surface area contributed by atoms with Crippen LogP contribution in [0.25, 0.3) is 6.08 Å². The second-order valence-corrected chi connectivity index (χ2v) is 11.4. The van der Waals surface area contributed by atoms with Crippen molar-refractivity contribution in [2.45, 2.75) is 18.0 Å². The average molecular weight is 605 g/mol. The highest BCUT2D eigenvalue weighted by Gasteiger charge is 2.71. The van der Waals surface area contributed by atoms with Crippen molar-refractivity contribution in [1.29, 1.82) is 0 Å². The highest BCUT2D eigenvalue weighted by Crippen LogP contribution is 2.61. The lowest BCUT2D eigenvalue weighted by molar-refractivity contribution is -0.384. The van der Waals surface area contributed by atoms with Crippen LogP contribution in [0, 0.1) is 15.5 Å². The quantitative estimate of drug-likeness (QED) is 0.112. The molecular weight excluding hydrogens is 584 g/mol. The van der Waals surface area contributed by atoms with Gasteiger partial charge >= 0.3 is 0 Å². The van der Waals surface area contributed by atoms with Crippen LogP contribution in [0.15, 0.2) is 108 Å². The second-order valence-electron chi connectivity index (χ2n) is 10.5. The largest absolute Gasteiger partial charge is 0.352 e. The molecule has 200 valence electrons. The van der Waals surface area contributed by atoms with Crippen molar-refractivity contribution in [3.63, 3.8) is 0 Å². The number of ketones is 3. The van der Waals surface area contributed by atoms with Crippen LogP contribution in [0.4, 0.5) is 11.4 Å². The van der Waals surface area contributed by atoms with Crippen molar-refractivity contribution >= 4 is 50.7 Å². The third-order valence-electron chi connectivity index (χ3n) is 8.57. The second kappa shape index (κ2) is 9.17. The first-order valence-electron chi connectivity index (χ1n) is 13.1. The van der Waals surface area contributed by atoms with Crippen LogP contribution < -0.4 is 4.90 Å². The molecule has 3 atom stereocenters. The molecule has 41 heavy (non-hydrogen) atoms. The molecule has 2 heterocycles. The highest BCUT2D eigenvalue weighted by atomic mass is 79.9. The summed E-state index contributed by atoms with van der Waals surface area (Å²) in [6.45, 7) is 0. The van der Waals surface area contributed by atoms with E-state index in [1.54, 1.807) is 24.3 Å². The van der Waals surface area contributed by atoms with Crippen molar-refractivity contribution in [3.05, 3.63) is 146 Å². The first kappa shape index (κ1) is 25.3. The van der Waals surface area contributed by atoms with Gasteiger partial charge in [0.25, 0.3) is 5.69 Å². The molecule has 1 saturated heterocycles. The van der Waals surface area contributed by atoms with E-state index in [1.165, 1.54) is 24.3 Å². The fourth-order valence-electron chi connectivity index (χ4n) is 6.88. The van der Waals surface area contributed by atoms with Gasteiger partial charge in [0.2, 0.25) is 0 Å². The zero-order valence-corrected chi connectivity index (χ0v) is 23.0. The SMILES string of the molecule is O=C(c1ccc([N+](=O)[O-])cc1)[C@H]1[C@H](c2ccc(Br)cc2)C2(C(=O)c3ccccc3C2=O)C2C=Cc3ccccc3N21. The number of nitro benzene ring substituents is 1. The molecule has 4 aromatic rings. The number of halogens is 1. The molecule has 1 aliphatic carbocycles. The Hall–Kier alpha value is -4.69. The Bertz CT molecular complexity index is 1780. The van der Waals surface area contributed by atoms with Crippen molar-refractivity contribution in [3.8, 4) is 0 Å².